The molecule has 0 aliphatic carbocycles. The zero-order valence-electron chi connectivity index (χ0n) is 15.9. The number of pyridine rings is 1. The zero-order chi connectivity index (χ0) is 19.8. The third-order valence-corrected chi connectivity index (χ3v) is 5.32. The van der Waals surface area contributed by atoms with Gasteiger partial charge >= 0.3 is 0 Å². The topological polar surface area (TPSA) is 83.6 Å². The van der Waals surface area contributed by atoms with Crippen LogP contribution >= 0.6 is 11.5 Å². The second kappa shape index (κ2) is 7.10. The van der Waals surface area contributed by atoms with Crippen molar-refractivity contribution in [2.24, 2.45) is 17.0 Å². The van der Waals surface area contributed by atoms with Gasteiger partial charge < -0.3 is 5.32 Å². The molecule has 144 valence electrons. The van der Waals surface area contributed by atoms with Crippen LogP contribution in [0.25, 0.3) is 11.4 Å². The molecule has 0 unspecified atom stereocenters. The Morgan fingerprint density at radius 1 is 1.24 bits per heavy atom. The molecule has 0 radical (unpaired) electrons. The Balaban J connectivity index is 1.62. The maximum atomic E-state index is 4.81. The summed E-state index contributed by atoms with van der Waals surface area (Å²) in [6, 6.07) is 5.89. The summed E-state index contributed by atoms with van der Waals surface area (Å²) in [5, 5.41) is 8.59. The van der Waals surface area contributed by atoms with Crippen molar-refractivity contribution in [2.45, 2.75) is 6.92 Å². The van der Waals surface area contributed by atoms with Gasteiger partial charge in [-0.3, -0.25) is 19.6 Å². The molecule has 0 spiro atoms. The van der Waals surface area contributed by atoms with Crippen LogP contribution in [-0.2, 0) is 7.05 Å². The number of fused-ring (bicyclic) bond motifs is 1. The van der Waals surface area contributed by atoms with Gasteiger partial charge in [-0.05, 0) is 42.7 Å². The number of hydrogen-bond donors (Lipinski definition) is 1. The SMILES string of the molecule is Cc1cc(/N=C2/NC(c3cccnc3)=CN3C(c4cnn(C)c4)=CCN=C23)sn1. The largest absolute Gasteiger partial charge is 0.335 e. The van der Waals surface area contributed by atoms with Crippen molar-refractivity contribution in [3.8, 4) is 0 Å². The fraction of sp³-hybridized carbons (Fsp3) is 0.150. The second-order valence-corrected chi connectivity index (χ2v) is 7.49. The lowest BCUT2D eigenvalue weighted by Crippen LogP contribution is -2.45. The Morgan fingerprint density at radius 3 is 2.90 bits per heavy atom. The first-order valence-corrected chi connectivity index (χ1v) is 9.89. The van der Waals surface area contributed by atoms with E-state index in [1.165, 1.54) is 11.5 Å². The Bertz CT molecular complexity index is 1180. The minimum Gasteiger partial charge on any atom is -0.335 e. The summed E-state index contributed by atoms with van der Waals surface area (Å²) in [7, 11) is 1.91. The van der Waals surface area contributed by atoms with Crippen LogP contribution in [0.3, 0.4) is 0 Å². The monoisotopic (exact) mass is 402 g/mol. The highest BCUT2D eigenvalue weighted by Crippen LogP contribution is 2.29. The van der Waals surface area contributed by atoms with Gasteiger partial charge in [-0.25, -0.2) is 4.99 Å². The molecule has 3 aromatic heterocycles. The number of nitrogens with one attached hydrogen (secondary N) is 1. The standard InChI is InChI=1S/C20H18N8S/c1-13-8-18(29-26-13)25-19-20-22-7-5-17(15-10-23-27(2)11-15)28(20)12-16(24-19)14-4-3-6-21-9-14/h3-6,8-12H,7H2,1-2H3,(H,24,25). The van der Waals surface area contributed by atoms with Crippen molar-refractivity contribution in [2.75, 3.05) is 6.54 Å². The van der Waals surface area contributed by atoms with E-state index in [2.05, 4.69) is 30.7 Å². The van der Waals surface area contributed by atoms with Crippen molar-refractivity contribution in [1.82, 2.24) is 29.4 Å². The molecule has 2 aliphatic heterocycles. The van der Waals surface area contributed by atoms with Crippen molar-refractivity contribution in [3.05, 3.63) is 72.1 Å². The minimum atomic E-state index is 0.578. The van der Waals surface area contributed by atoms with Gasteiger partial charge in [0.2, 0.25) is 0 Å². The lowest BCUT2D eigenvalue weighted by Gasteiger charge is -2.33. The first kappa shape index (κ1) is 17.5. The van der Waals surface area contributed by atoms with E-state index < -0.39 is 0 Å². The van der Waals surface area contributed by atoms with E-state index in [0.717, 1.165) is 39.1 Å². The van der Waals surface area contributed by atoms with Gasteiger partial charge in [-0.1, -0.05) is 0 Å². The molecule has 5 rings (SSSR count). The average Bonchev–Trinajstić information content (AvgIpc) is 3.36. The molecule has 0 fully saturated rings. The minimum absolute atomic E-state index is 0.578. The number of aromatic nitrogens is 4. The normalized spacial score (nSPS) is 17.4. The lowest BCUT2D eigenvalue weighted by atomic mass is 10.1. The van der Waals surface area contributed by atoms with E-state index in [0.29, 0.717) is 12.4 Å². The first-order chi connectivity index (χ1) is 14.2. The zero-order valence-corrected chi connectivity index (χ0v) is 16.8. The highest BCUT2D eigenvalue weighted by molar-refractivity contribution is 7.10. The van der Waals surface area contributed by atoms with Gasteiger partial charge in [-0.2, -0.15) is 9.47 Å². The van der Waals surface area contributed by atoms with Gasteiger partial charge in [0.05, 0.1) is 29.8 Å². The van der Waals surface area contributed by atoms with Crippen LogP contribution in [0.4, 0.5) is 5.00 Å². The van der Waals surface area contributed by atoms with Crippen molar-refractivity contribution < 1.29 is 0 Å². The maximum Gasteiger partial charge on any atom is 0.176 e. The molecule has 0 saturated heterocycles. The third-order valence-electron chi connectivity index (χ3n) is 4.55. The van der Waals surface area contributed by atoms with Crippen molar-refractivity contribution in [1.29, 1.82) is 0 Å². The molecule has 1 N–H and O–H groups in total. The van der Waals surface area contributed by atoms with Crippen LogP contribution in [0.5, 0.6) is 0 Å². The molecule has 3 aromatic rings. The molecule has 0 atom stereocenters. The summed E-state index contributed by atoms with van der Waals surface area (Å²) in [5.41, 5.74) is 4.87. The fourth-order valence-electron chi connectivity index (χ4n) is 3.24. The summed E-state index contributed by atoms with van der Waals surface area (Å²) in [6.45, 7) is 2.54. The van der Waals surface area contributed by atoms with Gasteiger partial charge in [0.25, 0.3) is 0 Å². The molecule has 29 heavy (non-hydrogen) atoms. The van der Waals surface area contributed by atoms with E-state index in [1.807, 2.05) is 57.0 Å². The highest BCUT2D eigenvalue weighted by atomic mass is 32.1. The van der Waals surface area contributed by atoms with Crippen LogP contribution in [0.15, 0.2) is 65.2 Å². The molecule has 0 amide bonds. The predicted molar refractivity (Wildman–Crippen MR) is 115 cm³/mol. The lowest BCUT2D eigenvalue weighted by molar-refractivity contribution is 0.756. The predicted octanol–water partition coefficient (Wildman–Crippen LogP) is 2.97. The average molecular weight is 402 g/mol. The van der Waals surface area contributed by atoms with Crippen LogP contribution in [-0.4, -0.2) is 42.3 Å². The summed E-state index contributed by atoms with van der Waals surface area (Å²) in [4.78, 5) is 15.8. The maximum absolute atomic E-state index is 4.81. The van der Waals surface area contributed by atoms with Gasteiger partial charge in [0, 0.05) is 43.0 Å². The van der Waals surface area contributed by atoms with Crippen LogP contribution in [0, 0.1) is 6.92 Å². The molecule has 5 heterocycles. The summed E-state index contributed by atoms with van der Waals surface area (Å²) in [6.07, 6.45) is 11.6. The number of rotatable bonds is 3. The van der Waals surface area contributed by atoms with Crippen LogP contribution < -0.4 is 5.32 Å². The van der Waals surface area contributed by atoms with Gasteiger partial charge in [0.1, 0.15) is 5.00 Å². The van der Waals surface area contributed by atoms with Crippen molar-refractivity contribution in [3.63, 3.8) is 0 Å². The number of nitrogens with zero attached hydrogens (tertiary/aromatic N) is 7. The first-order valence-electron chi connectivity index (χ1n) is 9.12. The summed E-state index contributed by atoms with van der Waals surface area (Å²) < 4.78 is 6.13. The number of aliphatic imine (C=N–C) groups is 2. The van der Waals surface area contributed by atoms with E-state index >= 15 is 0 Å². The molecule has 0 aromatic carbocycles. The van der Waals surface area contributed by atoms with Gasteiger partial charge in [0.15, 0.2) is 11.7 Å². The van der Waals surface area contributed by atoms with E-state index in [4.69, 9.17) is 9.98 Å². The Kier molecular flexibility index (Phi) is 4.28. The number of hydrogen-bond acceptors (Lipinski definition) is 7. The van der Waals surface area contributed by atoms with Crippen LogP contribution in [0.1, 0.15) is 16.8 Å². The second-order valence-electron chi connectivity index (χ2n) is 6.70. The quantitative estimate of drug-likeness (QED) is 0.728. The van der Waals surface area contributed by atoms with Crippen molar-refractivity contribution >= 4 is 39.6 Å². The van der Waals surface area contributed by atoms with E-state index in [1.54, 1.807) is 10.9 Å². The molecule has 8 nitrogen and oxygen atoms in total. The Morgan fingerprint density at radius 2 is 2.17 bits per heavy atom. The molecule has 0 bridgehead atoms. The van der Waals surface area contributed by atoms with Gasteiger partial charge in [-0.15, -0.1) is 0 Å². The smallest absolute Gasteiger partial charge is 0.176 e. The number of aryl methyl sites for hydroxylation is 2. The molecule has 0 saturated carbocycles. The Hall–Kier alpha value is -3.59. The van der Waals surface area contributed by atoms with E-state index in [-0.39, 0.29) is 0 Å². The fourth-order valence-corrected chi connectivity index (χ4v) is 3.89. The number of amidine groups is 2. The Labute approximate surface area is 171 Å². The third kappa shape index (κ3) is 3.36. The van der Waals surface area contributed by atoms with Crippen LogP contribution in [0.2, 0.25) is 0 Å². The molecular weight excluding hydrogens is 384 g/mol. The highest BCUT2D eigenvalue weighted by Gasteiger charge is 2.29. The molecule has 9 heteroatoms. The van der Waals surface area contributed by atoms with E-state index in [9.17, 15) is 0 Å². The summed E-state index contributed by atoms with van der Waals surface area (Å²) in [5.74, 6) is 1.45. The molecule has 2 aliphatic rings. The molecular formula is C20H18N8S. The summed E-state index contributed by atoms with van der Waals surface area (Å²) >= 11 is 1.37.